The van der Waals surface area contributed by atoms with Gasteiger partial charge in [0.1, 0.15) is 17.1 Å². The molecule has 2 unspecified atom stereocenters. The third kappa shape index (κ3) is 2.20. The number of hydrogen-bond donors (Lipinski definition) is 1. The number of hydrogen-bond acceptors (Lipinski definition) is 3. The molecule has 1 aromatic rings. The molecule has 3 rings (SSSR count). The first-order chi connectivity index (χ1) is 9.15. The van der Waals surface area contributed by atoms with E-state index in [9.17, 15) is 5.11 Å². The van der Waals surface area contributed by atoms with Gasteiger partial charge in [-0.15, -0.1) is 0 Å². The molecule has 1 aromatic carbocycles. The molecule has 1 heterocycles. The Kier molecular flexibility index (Phi) is 3.17. The van der Waals surface area contributed by atoms with E-state index in [1.54, 1.807) is 7.11 Å². The quantitative estimate of drug-likeness (QED) is 0.887. The van der Waals surface area contributed by atoms with E-state index in [1.807, 2.05) is 18.2 Å². The molecule has 1 aliphatic carbocycles. The summed E-state index contributed by atoms with van der Waals surface area (Å²) in [6.45, 7) is 2.24. The lowest BCUT2D eigenvalue weighted by Gasteiger charge is -2.38. The van der Waals surface area contributed by atoms with E-state index in [2.05, 4.69) is 6.92 Å². The van der Waals surface area contributed by atoms with Crippen LogP contribution in [0.25, 0.3) is 0 Å². The summed E-state index contributed by atoms with van der Waals surface area (Å²) in [6, 6.07) is 5.72. The van der Waals surface area contributed by atoms with Gasteiger partial charge >= 0.3 is 0 Å². The smallest absolute Gasteiger partial charge is 0.126 e. The Morgan fingerprint density at radius 2 is 2.26 bits per heavy atom. The minimum Gasteiger partial charge on any atom is -0.497 e. The van der Waals surface area contributed by atoms with Gasteiger partial charge in [-0.05, 0) is 43.4 Å². The van der Waals surface area contributed by atoms with Crippen LogP contribution < -0.4 is 9.47 Å². The molecule has 104 valence electrons. The van der Waals surface area contributed by atoms with Crippen molar-refractivity contribution in [2.24, 2.45) is 5.92 Å². The van der Waals surface area contributed by atoms with Gasteiger partial charge in [0.05, 0.1) is 13.2 Å². The molecule has 1 aliphatic heterocycles. The van der Waals surface area contributed by atoms with Gasteiger partial charge in [0.15, 0.2) is 0 Å². The first-order valence-corrected chi connectivity index (χ1v) is 7.21. The first kappa shape index (κ1) is 12.8. The highest BCUT2D eigenvalue weighted by Gasteiger charge is 2.45. The Balaban J connectivity index is 1.88. The number of aliphatic hydroxyl groups is 1. The lowest BCUT2D eigenvalue weighted by atomic mass is 9.86. The maximum atomic E-state index is 10.4. The number of methoxy groups -OCH3 is 1. The van der Waals surface area contributed by atoms with Crippen LogP contribution in [0.3, 0.4) is 0 Å². The second kappa shape index (κ2) is 4.71. The fourth-order valence-electron chi connectivity index (χ4n) is 3.57. The highest BCUT2D eigenvalue weighted by atomic mass is 16.5. The van der Waals surface area contributed by atoms with Crippen LogP contribution in [0.5, 0.6) is 11.5 Å². The van der Waals surface area contributed by atoms with Crippen molar-refractivity contribution in [3.8, 4) is 11.5 Å². The summed E-state index contributed by atoms with van der Waals surface area (Å²) in [7, 11) is 1.64. The Morgan fingerprint density at radius 1 is 1.42 bits per heavy atom. The van der Waals surface area contributed by atoms with E-state index in [-0.39, 0.29) is 5.60 Å². The third-order valence-electron chi connectivity index (χ3n) is 4.71. The van der Waals surface area contributed by atoms with Crippen molar-refractivity contribution in [2.75, 3.05) is 7.11 Å². The van der Waals surface area contributed by atoms with E-state index in [0.29, 0.717) is 6.42 Å². The number of ether oxygens (including phenoxy) is 2. The largest absolute Gasteiger partial charge is 0.497 e. The van der Waals surface area contributed by atoms with E-state index in [1.165, 1.54) is 12.8 Å². The Hall–Kier alpha value is -1.22. The molecule has 1 saturated carbocycles. The Bertz CT molecular complexity index is 471. The predicted octanol–water partition coefficient (Wildman–Crippen LogP) is 3.46. The fourth-order valence-corrected chi connectivity index (χ4v) is 3.57. The maximum Gasteiger partial charge on any atom is 0.126 e. The Labute approximate surface area is 114 Å². The first-order valence-electron chi connectivity index (χ1n) is 7.21. The molecule has 1 N–H and O–H groups in total. The molecule has 0 radical (unpaired) electrons. The number of fused-ring (bicyclic) bond motifs is 1. The summed E-state index contributed by atoms with van der Waals surface area (Å²) in [5.74, 6) is 2.35. The zero-order valence-electron chi connectivity index (χ0n) is 11.7. The molecule has 0 saturated heterocycles. The molecular weight excluding hydrogens is 240 g/mol. The van der Waals surface area contributed by atoms with Crippen LogP contribution in [0.2, 0.25) is 0 Å². The second-order valence-electron chi connectivity index (χ2n) is 5.93. The van der Waals surface area contributed by atoms with Crippen molar-refractivity contribution in [3.05, 3.63) is 23.8 Å². The van der Waals surface area contributed by atoms with Gasteiger partial charge in [0.25, 0.3) is 0 Å². The van der Waals surface area contributed by atoms with Gasteiger partial charge in [-0.2, -0.15) is 0 Å². The molecule has 2 aliphatic rings. The summed E-state index contributed by atoms with van der Waals surface area (Å²) in [6.07, 6.45) is 4.84. The molecule has 1 spiro atoms. The van der Waals surface area contributed by atoms with E-state index in [4.69, 9.17) is 9.47 Å². The van der Waals surface area contributed by atoms with Crippen LogP contribution in [0, 0.1) is 5.92 Å². The Morgan fingerprint density at radius 3 is 2.95 bits per heavy atom. The van der Waals surface area contributed by atoms with Crippen molar-refractivity contribution in [2.45, 2.75) is 50.7 Å². The normalized spacial score (nSPS) is 33.0. The summed E-state index contributed by atoms with van der Waals surface area (Å²) in [4.78, 5) is 0. The lowest BCUT2D eigenvalue weighted by molar-refractivity contribution is -0.0123. The maximum absolute atomic E-state index is 10.4. The molecule has 0 aromatic heterocycles. The van der Waals surface area contributed by atoms with Gasteiger partial charge in [-0.3, -0.25) is 0 Å². The average molecular weight is 262 g/mol. The van der Waals surface area contributed by atoms with Crippen molar-refractivity contribution in [3.63, 3.8) is 0 Å². The van der Waals surface area contributed by atoms with Gasteiger partial charge in [-0.1, -0.05) is 13.3 Å². The van der Waals surface area contributed by atoms with Crippen LogP contribution in [-0.4, -0.2) is 17.8 Å². The molecule has 3 atom stereocenters. The summed E-state index contributed by atoms with van der Waals surface area (Å²) < 4.78 is 11.5. The summed E-state index contributed by atoms with van der Waals surface area (Å²) >= 11 is 0. The average Bonchev–Trinajstić information content (AvgIpc) is 2.81. The van der Waals surface area contributed by atoms with Crippen LogP contribution in [0.4, 0.5) is 0 Å². The number of aliphatic hydroxyl groups excluding tert-OH is 1. The number of rotatable bonds is 2. The fraction of sp³-hybridized carbons (Fsp3) is 0.625. The highest BCUT2D eigenvalue weighted by Crippen LogP contribution is 2.49. The minimum absolute atomic E-state index is 0.137. The summed E-state index contributed by atoms with van der Waals surface area (Å²) in [5, 5.41) is 10.4. The molecule has 1 fully saturated rings. The number of benzene rings is 1. The van der Waals surface area contributed by atoms with Crippen molar-refractivity contribution < 1.29 is 14.6 Å². The molecule has 19 heavy (non-hydrogen) atoms. The summed E-state index contributed by atoms with van der Waals surface area (Å²) in [5.41, 5.74) is 0.728. The lowest BCUT2D eigenvalue weighted by Crippen LogP contribution is -2.38. The van der Waals surface area contributed by atoms with Gasteiger partial charge in [0.2, 0.25) is 0 Å². The third-order valence-corrected chi connectivity index (χ3v) is 4.71. The van der Waals surface area contributed by atoms with Gasteiger partial charge in [-0.25, -0.2) is 0 Å². The zero-order valence-corrected chi connectivity index (χ0v) is 11.7. The second-order valence-corrected chi connectivity index (χ2v) is 5.93. The van der Waals surface area contributed by atoms with Crippen molar-refractivity contribution in [1.29, 1.82) is 0 Å². The van der Waals surface area contributed by atoms with Crippen LogP contribution in [-0.2, 0) is 0 Å². The molecule has 0 bridgehead atoms. The molecule has 3 heteroatoms. The minimum atomic E-state index is -0.436. The molecule has 3 nitrogen and oxygen atoms in total. The van der Waals surface area contributed by atoms with Crippen LogP contribution in [0.15, 0.2) is 18.2 Å². The van der Waals surface area contributed by atoms with Crippen molar-refractivity contribution in [1.82, 2.24) is 0 Å². The van der Waals surface area contributed by atoms with E-state index < -0.39 is 6.10 Å². The standard InChI is InChI=1S/C16H22O3/c1-3-11-6-7-16(9-11)10-14(17)13-8-12(18-2)4-5-15(13)19-16/h4-5,8,11,14,17H,3,6-7,9-10H2,1-2H3/t11?,14-,16?/m0/s1. The molecule has 0 amide bonds. The topological polar surface area (TPSA) is 38.7 Å². The monoisotopic (exact) mass is 262 g/mol. The predicted molar refractivity (Wildman–Crippen MR) is 73.6 cm³/mol. The van der Waals surface area contributed by atoms with Gasteiger partial charge < -0.3 is 14.6 Å². The van der Waals surface area contributed by atoms with E-state index in [0.717, 1.165) is 35.8 Å². The molecular formula is C16H22O3. The highest BCUT2D eigenvalue weighted by molar-refractivity contribution is 5.43. The van der Waals surface area contributed by atoms with Gasteiger partial charge in [0, 0.05) is 12.0 Å². The van der Waals surface area contributed by atoms with E-state index >= 15 is 0 Å². The van der Waals surface area contributed by atoms with Crippen LogP contribution in [0.1, 0.15) is 50.7 Å². The van der Waals surface area contributed by atoms with Crippen LogP contribution >= 0.6 is 0 Å². The SMILES string of the molecule is CCC1CCC2(C1)C[C@H](O)c1cc(OC)ccc1O2. The van der Waals surface area contributed by atoms with Crippen molar-refractivity contribution >= 4 is 0 Å². The zero-order chi connectivity index (χ0) is 13.5.